The molecular weight excluding hydrogens is 244 g/mol. The van der Waals surface area contributed by atoms with Crippen molar-refractivity contribution >= 4 is 5.97 Å². The van der Waals surface area contributed by atoms with Crippen molar-refractivity contribution in [2.45, 2.75) is 83.8 Å². The molecule has 0 amide bonds. The van der Waals surface area contributed by atoms with E-state index in [1.165, 1.54) is 0 Å². The second kappa shape index (κ2) is 10.2. The lowest BCUT2D eigenvalue weighted by Gasteiger charge is -2.20. The summed E-state index contributed by atoms with van der Waals surface area (Å²) >= 11 is 0. The van der Waals surface area contributed by atoms with Gasteiger partial charge in [0.05, 0.1) is 6.10 Å². The first-order valence-electron chi connectivity index (χ1n) is 7.36. The van der Waals surface area contributed by atoms with Gasteiger partial charge < -0.3 is 14.9 Å². The molecular formula is C15H30O4. The first kappa shape index (κ1) is 18.4. The molecule has 0 aliphatic rings. The summed E-state index contributed by atoms with van der Waals surface area (Å²) < 4.78 is 5.18. The highest BCUT2D eigenvalue weighted by molar-refractivity contribution is 5.69. The van der Waals surface area contributed by atoms with E-state index in [-0.39, 0.29) is 19.0 Å². The SMILES string of the molecule is CC(C)(C)OC(=O)CC[C@@H](O)CCCCCCCO. The number of esters is 1. The molecule has 4 nitrogen and oxygen atoms in total. The predicted octanol–water partition coefficient (Wildman–Crippen LogP) is 2.80. The summed E-state index contributed by atoms with van der Waals surface area (Å²) in [7, 11) is 0. The lowest BCUT2D eigenvalue weighted by atomic mass is 10.0. The number of aliphatic hydroxyl groups excluding tert-OH is 2. The molecule has 1 atom stereocenters. The maximum Gasteiger partial charge on any atom is 0.306 e. The average Bonchev–Trinajstić information content (AvgIpc) is 2.29. The molecule has 0 fully saturated rings. The van der Waals surface area contributed by atoms with Gasteiger partial charge in [-0.1, -0.05) is 25.7 Å². The van der Waals surface area contributed by atoms with Crippen molar-refractivity contribution in [3.8, 4) is 0 Å². The molecule has 0 radical (unpaired) electrons. The van der Waals surface area contributed by atoms with Gasteiger partial charge in [-0.15, -0.1) is 0 Å². The molecule has 0 spiro atoms. The van der Waals surface area contributed by atoms with Crippen molar-refractivity contribution in [3.63, 3.8) is 0 Å². The van der Waals surface area contributed by atoms with Gasteiger partial charge in [0, 0.05) is 13.0 Å². The maximum absolute atomic E-state index is 11.5. The Bertz CT molecular complexity index is 233. The molecule has 0 aromatic rings. The molecule has 0 aliphatic heterocycles. The van der Waals surface area contributed by atoms with E-state index in [1.54, 1.807) is 0 Å². The fraction of sp³-hybridized carbons (Fsp3) is 0.933. The second-order valence-electron chi connectivity index (χ2n) is 6.06. The minimum absolute atomic E-state index is 0.241. The Labute approximate surface area is 117 Å². The zero-order valence-corrected chi connectivity index (χ0v) is 12.7. The fourth-order valence-corrected chi connectivity index (χ4v) is 1.84. The molecule has 0 unspecified atom stereocenters. The molecule has 0 aliphatic carbocycles. The van der Waals surface area contributed by atoms with Gasteiger partial charge in [0.1, 0.15) is 5.60 Å². The molecule has 19 heavy (non-hydrogen) atoms. The molecule has 0 saturated heterocycles. The number of carbonyl (C=O) groups excluding carboxylic acids is 1. The van der Waals surface area contributed by atoms with E-state index in [9.17, 15) is 9.90 Å². The molecule has 0 aromatic carbocycles. The molecule has 0 saturated carbocycles. The van der Waals surface area contributed by atoms with Crippen LogP contribution >= 0.6 is 0 Å². The van der Waals surface area contributed by atoms with Crippen LogP contribution in [0.3, 0.4) is 0 Å². The summed E-state index contributed by atoms with van der Waals surface area (Å²) in [6.07, 6.45) is 6.14. The van der Waals surface area contributed by atoms with Crippen molar-refractivity contribution in [3.05, 3.63) is 0 Å². The van der Waals surface area contributed by atoms with Crippen molar-refractivity contribution in [1.29, 1.82) is 0 Å². The van der Waals surface area contributed by atoms with Crippen LogP contribution in [-0.4, -0.2) is 34.5 Å². The standard InChI is InChI=1S/C15H30O4/c1-15(2,3)19-14(18)11-10-13(17)9-7-5-4-6-8-12-16/h13,16-17H,4-12H2,1-3H3/t13-/m0/s1. The first-order chi connectivity index (χ1) is 8.85. The average molecular weight is 274 g/mol. The Kier molecular flexibility index (Phi) is 9.88. The number of hydrogen-bond donors (Lipinski definition) is 2. The number of rotatable bonds is 10. The largest absolute Gasteiger partial charge is 0.460 e. The third kappa shape index (κ3) is 13.6. The summed E-state index contributed by atoms with van der Waals surface area (Å²) in [4.78, 5) is 11.5. The lowest BCUT2D eigenvalue weighted by molar-refractivity contribution is -0.155. The number of carbonyl (C=O) groups is 1. The monoisotopic (exact) mass is 274 g/mol. The van der Waals surface area contributed by atoms with Crippen molar-refractivity contribution in [1.82, 2.24) is 0 Å². The van der Waals surface area contributed by atoms with Gasteiger partial charge in [-0.25, -0.2) is 0 Å². The highest BCUT2D eigenvalue weighted by Gasteiger charge is 2.17. The second-order valence-corrected chi connectivity index (χ2v) is 6.06. The van der Waals surface area contributed by atoms with Gasteiger partial charge in [-0.2, -0.15) is 0 Å². The van der Waals surface area contributed by atoms with Crippen LogP contribution in [-0.2, 0) is 9.53 Å². The van der Waals surface area contributed by atoms with E-state index < -0.39 is 11.7 Å². The normalized spacial score (nSPS) is 13.3. The van der Waals surface area contributed by atoms with Gasteiger partial charge in [-0.3, -0.25) is 4.79 Å². The summed E-state index contributed by atoms with van der Waals surface area (Å²) in [5.74, 6) is -0.241. The number of ether oxygens (including phenoxy) is 1. The summed E-state index contributed by atoms with van der Waals surface area (Å²) in [6, 6.07) is 0. The Balaban J connectivity index is 3.48. The van der Waals surface area contributed by atoms with Crippen LogP contribution in [0.25, 0.3) is 0 Å². The number of unbranched alkanes of at least 4 members (excludes halogenated alkanes) is 4. The number of hydrogen-bond acceptors (Lipinski definition) is 4. The number of aliphatic hydroxyl groups is 2. The van der Waals surface area contributed by atoms with E-state index in [0.717, 1.165) is 38.5 Å². The van der Waals surface area contributed by atoms with Crippen LogP contribution in [0.2, 0.25) is 0 Å². The summed E-state index contributed by atoms with van der Waals surface area (Å²) in [5.41, 5.74) is -0.450. The van der Waals surface area contributed by atoms with Crippen LogP contribution in [0, 0.1) is 0 Å². The quantitative estimate of drug-likeness (QED) is 0.475. The van der Waals surface area contributed by atoms with Crippen molar-refractivity contribution in [2.75, 3.05) is 6.61 Å². The predicted molar refractivity (Wildman–Crippen MR) is 75.9 cm³/mol. The molecule has 0 heterocycles. The molecule has 2 N–H and O–H groups in total. The third-order valence-electron chi connectivity index (χ3n) is 2.80. The van der Waals surface area contributed by atoms with E-state index in [0.29, 0.717) is 6.42 Å². The molecule has 114 valence electrons. The highest BCUT2D eigenvalue weighted by Crippen LogP contribution is 2.13. The summed E-state index contributed by atoms with van der Waals surface area (Å²) in [5, 5.41) is 18.4. The van der Waals surface area contributed by atoms with Crippen LogP contribution in [0.15, 0.2) is 0 Å². The third-order valence-corrected chi connectivity index (χ3v) is 2.80. The Morgan fingerprint density at radius 3 is 2.21 bits per heavy atom. The Morgan fingerprint density at radius 2 is 1.63 bits per heavy atom. The van der Waals surface area contributed by atoms with E-state index in [2.05, 4.69) is 0 Å². The van der Waals surface area contributed by atoms with E-state index in [4.69, 9.17) is 9.84 Å². The molecule has 0 bridgehead atoms. The topological polar surface area (TPSA) is 66.8 Å². The van der Waals surface area contributed by atoms with Gasteiger partial charge in [-0.05, 0) is 40.0 Å². The molecule has 0 aromatic heterocycles. The minimum Gasteiger partial charge on any atom is -0.460 e. The van der Waals surface area contributed by atoms with Crippen LogP contribution in [0.4, 0.5) is 0 Å². The molecule has 4 heteroatoms. The van der Waals surface area contributed by atoms with E-state index >= 15 is 0 Å². The van der Waals surface area contributed by atoms with Gasteiger partial charge in [0.2, 0.25) is 0 Å². The van der Waals surface area contributed by atoms with Crippen molar-refractivity contribution in [2.24, 2.45) is 0 Å². The van der Waals surface area contributed by atoms with Crippen LogP contribution < -0.4 is 0 Å². The van der Waals surface area contributed by atoms with Crippen LogP contribution in [0.5, 0.6) is 0 Å². The van der Waals surface area contributed by atoms with Gasteiger partial charge >= 0.3 is 5.97 Å². The highest BCUT2D eigenvalue weighted by atomic mass is 16.6. The fourth-order valence-electron chi connectivity index (χ4n) is 1.84. The van der Waals surface area contributed by atoms with E-state index in [1.807, 2.05) is 20.8 Å². The Hall–Kier alpha value is -0.610. The maximum atomic E-state index is 11.5. The van der Waals surface area contributed by atoms with Crippen LogP contribution in [0.1, 0.15) is 72.1 Å². The first-order valence-corrected chi connectivity index (χ1v) is 7.36. The zero-order valence-electron chi connectivity index (χ0n) is 12.7. The lowest BCUT2D eigenvalue weighted by Crippen LogP contribution is -2.24. The Morgan fingerprint density at radius 1 is 1.05 bits per heavy atom. The summed E-state index contributed by atoms with van der Waals surface area (Å²) in [6.45, 7) is 5.79. The van der Waals surface area contributed by atoms with Gasteiger partial charge in [0.25, 0.3) is 0 Å². The smallest absolute Gasteiger partial charge is 0.306 e. The minimum atomic E-state index is -0.450. The molecule has 0 rings (SSSR count). The zero-order chi connectivity index (χ0) is 14.7. The van der Waals surface area contributed by atoms with Crippen molar-refractivity contribution < 1.29 is 19.7 Å². The van der Waals surface area contributed by atoms with Gasteiger partial charge in [0.15, 0.2) is 0 Å².